The normalized spacial score (nSPS) is 33.5. The molecule has 0 radical (unpaired) electrons. The molecular formula is C27H30O15. The van der Waals surface area contributed by atoms with Gasteiger partial charge in [0.1, 0.15) is 70.9 Å². The highest BCUT2D eigenvalue weighted by Crippen LogP contribution is 2.40. The molecule has 1 aromatic heterocycles. The standard InChI is InChI=1S/C27H30O15/c1-9-17(31)20(34)22(36)26(39-9)38-8-15-18(32)21(35)23(37)27(41-15)42-25-19(33)16-13(30)6-10(28)7-14(16)40-24(25)11-4-2-3-5-12(11)29/h2-7,9,15,17-18,20-23,26-32,34-37H,8H2,1H3/t9-,15+,17-,18-,20-,21-,22-,23-,26+,27-/m0/s1. The Kier molecular flexibility index (Phi) is 8.30. The fourth-order valence-corrected chi connectivity index (χ4v) is 4.83. The first-order chi connectivity index (χ1) is 19.9. The molecular weight excluding hydrogens is 564 g/mol. The second-order valence-corrected chi connectivity index (χ2v) is 10.1. The van der Waals surface area contributed by atoms with E-state index in [1.165, 1.54) is 31.2 Å². The van der Waals surface area contributed by atoms with Crippen molar-refractivity contribution < 1.29 is 69.3 Å². The van der Waals surface area contributed by atoms with Crippen LogP contribution >= 0.6 is 0 Å². The van der Waals surface area contributed by atoms with Crippen molar-refractivity contribution in [1.29, 1.82) is 0 Å². The topological polar surface area (TPSA) is 249 Å². The van der Waals surface area contributed by atoms with Gasteiger partial charge >= 0.3 is 0 Å². The van der Waals surface area contributed by atoms with E-state index in [1.54, 1.807) is 0 Å². The smallest absolute Gasteiger partial charge is 0.239 e. The maximum atomic E-state index is 13.6. The van der Waals surface area contributed by atoms with Gasteiger partial charge in [-0.25, -0.2) is 0 Å². The first kappa shape index (κ1) is 30.0. The molecule has 5 rings (SSSR count). The number of ether oxygens (including phenoxy) is 4. The lowest BCUT2D eigenvalue weighted by atomic mass is 9.98. The molecule has 15 nitrogen and oxygen atoms in total. The lowest BCUT2D eigenvalue weighted by Gasteiger charge is -2.42. The summed E-state index contributed by atoms with van der Waals surface area (Å²) in [6.07, 6.45) is -15.9. The minimum absolute atomic E-state index is 0.0431. The van der Waals surface area contributed by atoms with Gasteiger partial charge in [-0.1, -0.05) is 12.1 Å². The molecule has 0 aliphatic carbocycles. The Morgan fingerprint density at radius 3 is 2.17 bits per heavy atom. The zero-order chi connectivity index (χ0) is 30.5. The molecule has 0 spiro atoms. The molecule has 42 heavy (non-hydrogen) atoms. The van der Waals surface area contributed by atoms with Crippen LogP contribution in [-0.2, 0) is 14.2 Å². The van der Waals surface area contributed by atoms with E-state index in [-0.39, 0.29) is 22.7 Å². The maximum absolute atomic E-state index is 13.6. The van der Waals surface area contributed by atoms with Crippen LogP contribution in [-0.4, -0.2) is 114 Å². The minimum atomic E-state index is -1.94. The number of phenolic OH excluding ortho intramolecular Hbond substituents is 3. The number of hydrogen-bond donors (Lipinski definition) is 9. The Morgan fingerprint density at radius 2 is 1.45 bits per heavy atom. The minimum Gasteiger partial charge on any atom is -0.508 e. The van der Waals surface area contributed by atoms with Crippen molar-refractivity contribution in [2.45, 2.75) is 68.3 Å². The van der Waals surface area contributed by atoms with Gasteiger partial charge in [0.05, 0.1) is 18.3 Å². The van der Waals surface area contributed by atoms with Gasteiger partial charge in [-0.2, -0.15) is 0 Å². The molecule has 2 saturated heterocycles. The first-order valence-electron chi connectivity index (χ1n) is 12.9. The number of fused-ring (bicyclic) bond motifs is 1. The largest absolute Gasteiger partial charge is 0.508 e. The van der Waals surface area contributed by atoms with Crippen LogP contribution in [0.4, 0.5) is 0 Å². The van der Waals surface area contributed by atoms with Gasteiger partial charge in [0, 0.05) is 12.1 Å². The second-order valence-electron chi connectivity index (χ2n) is 10.1. The summed E-state index contributed by atoms with van der Waals surface area (Å²) in [7, 11) is 0. The van der Waals surface area contributed by atoms with Crippen molar-refractivity contribution in [2.24, 2.45) is 0 Å². The predicted molar refractivity (Wildman–Crippen MR) is 139 cm³/mol. The fraction of sp³-hybridized carbons (Fsp3) is 0.444. The first-order valence-corrected chi connectivity index (χ1v) is 12.9. The predicted octanol–water partition coefficient (Wildman–Crippen LogP) is -1.39. The van der Waals surface area contributed by atoms with Gasteiger partial charge in [0.25, 0.3) is 0 Å². The van der Waals surface area contributed by atoms with Crippen LogP contribution in [0, 0.1) is 0 Å². The van der Waals surface area contributed by atoms with E-state index < -0.39 is 96.1 Å². The Balaban J connectivity index is 1.47. The molecule has 0 amide bonds. The highest BCUT2D eigenvalue weighted by atomic mass is 16.7. The molecule has 9 N–H and O–H groups in total. The summed E-state index contributed by atoms with van der Waals surface area (Å²) >= 11 is 0. The molecule has 10 atom stereocenters. The summed E-state index contributed by atoms with van der Waals surface area (Å²) in [5.74, 6) is -2.45. The van der Waals surface area contributed by atoms with Crippen LogP contribution in [0.2, 0.25) is 0 Å². The van der Waals surface area contributed by atoms with Crippen LogP contribution in [0.15, 0.2) is 45.6 Å². The second kappa shape index (κ2) is 11.6. The number of phenols is 3. The van der Waals surface area contributed by atoms with Crippen molar-refractivity contribution in [3.63, 3.8) is 0 Å². The number of rotatable bonds is 6. The van der Waals surface area contributed by atoms with Crippen molar-refractivity contribution in [2.75, 3.05) is 6.61 Å². The monoisotopic (exact) mass is 594 g/mol. The summed E-state index contributed by atoms with van der Waals surface area (Å²) < 4.78 is 27.9. The zero-order valence-electron chi connectivity index (χ0n) is 21.9. The lowest BCUT2D eigenvalue weighted by molar-refractivity contribution is -0.318. The average molecular weight is 595 g/mol. The van der Waals surface area contributed by atoms with Crippen LogP contribution in [0.3, 0.4) is 0 Å². The molecule has 2 aliphatic heterocycles. The lowest BCUT2D eigenvalue weighted by Crippen LogP contribution is -2.61. The quantitative estimate of drug-likeness (QED) is 0.159. The van der Waals surface area contributed by atoms with Gasteiger partial charge in [0.2, 0.25) is 17.5 Å². The van der Waals surface area contributed by atoms with Gasteiger partial charge < -0.3 is 69.3 Å². The number of para-hydroxylation sites is 1. The summed E-state index contributed by atoms with van der Waals surface area (Å²) in [5, 5.41) is 92.1. The van der Waals surface area contributed by atoms with Crippen LogP contribution < -0.4 is 10.2 Å². The van der Waals surface area contributed by atoms with E-state index in [2.05, 4.69) is 0 Å². The summed E-state index contributed by atoms with van der Waals surface area (Å²) in [4.78, 5) is 13.6. The Labute approximate surface area is 236 Å². The fourth-order valence-electron chi connectivity index (χ4n) is 4.83. The molecule has 0 saturated carbocycles. The number of aliphatic hydroxyl groups excluding tert-OH is 6. The van der Waals surface area contributed by atoms with E-state index in [0.29, 0.717) is 0 Å². The van der Waals surface area contributed by atoms with E-state index in [0.717, 1.165) is 12.1 Å². The summed E-state index contributed by atoms with van der Waals surface area (Å²) in [6, 6.07) is 7.63. The van der Waals surface area contributed by atoms with E-state index in [4.69, 9.17) is 23.4 Å². The third-order valence-corrected chi connectivity index (χ3v) is 7.20. The van der Waals surface area contributed by atoms with Crippen LogP contribution in [0.1, 0.15) is 6.92 Å². The molecule has 3 heterocycles. The van der Waals surface area contributed by atoms with Crippen LogP contribution in [0.25, 0.3) is 22.3 Å². The van der Waals surface area contributed by atoms with E-state index >= 15 is 0 Å². The zero-order valence-corrected chi connectivity index (χ0v) is 21.9. The van der Waals surface area contributed by atoms with Gasteiger partial charge in [-0.05, 0) is 19.1 Å². The number of aromatic hydroxyl groups is 3. The highest BCUT2D eigenvalue weighted by molar-refractivity contribution is 5.88. The van der Waals surface area contributed by atoms with E-state index in [9.17, 15) is 50.8 Å². The average Bonchev–Trinajstić information content (AvgIpc) is 2.95. The van der Waals surface area contributed by atoms with Gasteiger partial charge in [-0.15, -0.1) is 0 Å². The van der Waals surface area contributed by atoms with Crippen molar-refractivity contribution in [1.82, 2.24) is 0 Å². The Hall–Kier alpha value is -3.51. The van der Waals surface area contributed by atoms with Crippen molar-refractivity contribution in [3.05, 3.63) is 46.6 Å². The van der Waals surface area contributed by atoms with Crippen LogP contribution in [0.5, 0.6) is 23.0 Å². The van der Waals surface area contributed by atoms with E-state index in [1.807, 2.05) is 0 Å². The van der Waals surface area contributed by atoms with Gasteiger partial charge in [0.15, 0.2) is 12.1 Å². The molecule has 3 aromatic rings. The Morgan fingerprint density at radius 1 is 0.786 bits per heavy atom. The molecule has 0 bridgehead atoms. The number of benzene rings is 2. The third kappa shape index (κ3) is 5.37. The van der Waals surface area contributed by atoms with Crippen molar-refractivity contribution >= 4 is 11.0 Å². The SMILES string of the molecule is C[C@@H]1O[C@@H](OC[C@H]2O[C@@H](Oc3c(-c4ccccc4O)oc4cc(O)cc(O)c4c3=O)[C@@H](O)[C@@H](O)[C@H]2O)[C@@H](O)[C@@H](O)[C@H]1O. The van der Waals surface area contributed by atoms with Gasteiger partial charge in [-0.3, -0.25) is 4.79 Å². The summed E-state index contributed by atoms with van der Waals surface area (Å²) in [5.41, 5.74) is -1.29. The molecule has 2 aliphatic rings. The Bertz CT molecular complexity index is 1490. The third-order valence-electron chi connectivity index (χ3n) is 7.20. The highest BCUT2D eigenvalue weighted by Gasteiger charge is 2.47. The molecule has 0 unspecified atom stereocenters. The molecule has 228 valence electrons. The maximum Gasteiger partial charge on any atom is 0.239 e. The number of aliphatic hydroxyl groups is 6. The van der Waals surface area contributed by atoms with Crippen molar-refractivity contribution in [3.8, 4) is 34.3 Å². The summed E-state index contributed by atoms with van der Waals surface area (Å²) in [6.45, 7) is 0.850. The molecule has 2 fully saturated rings. The molecule has 15 heteroatoms. The molecule has 2 aromatic carbocycles. The number of hydrogen-bond acceptors (Lipinski definition) is 15.